The van der Waals surface area contributed by atoms with Crippen LogP contribution in [0.25, 0.3) is 0 Å². The maximum Gasteiger partial charge on any atom is 0.410 e. The number of nitrogens with one attached hydrogen (secondary N) is 1. The Kier molecular flexibility index (Phi) is 8.08. The average molecular weight is 421 g/mol. The Morgan fingerprint density at radius 1 is 1.13 bits per heavy atom. The number of methoxy groups -OCH3 is 2. The van der Waals surface area contributed by atoms with Crippen LogP contribution < -0.4 is 10.1 Å². The van der Waals surface area contributed by atoms with Gasteiger partial charge in [0.1, 0.15) is 16.9 Å². The van der Waals surface area contributed by atoms with Crippen molar-refractivity contribution in [2.24, 2.45) is 5.92 Å². The highest BCUT2D eigenvalue weighted by molar-refractivity contribution is 5.92. The van der Waals surface area contributed by atoms with Gasteiger partial charge in [0.2, 0.25) is 5.91 Å². The second-order valence-corrected chi connectivity index (χ2v) is 8.42. The number of amides is 2. The summed E-state index contributed by atoms with van der Waals surface area (Å²) in [5, 5.41) is 2.90. The van der Waals surface area contributed by atoms with Gasteiger partial charge in [0.05, 0.1) is 14.2 Å². The maximum atomic E-state index is 12.4. The third-order valence-corrected chi connectivity index (χ3v) is 4.90. The Hall–Kier alpha value is -2.77. The van der Waals surface area contributed by atoms with Gasteiger partial charge in [0, 0.05) is 26.1 Å². The quantitative estimate of drug-likeness (QED) is 0.711. The lowest BCUT2D eigenvalue weighted by Crippen LogP contribution is -2.42. The predicted octanol–water partition coefficient (Wildman–Crippen LogP) is 3.14. The molecular weight excluding hydrogens is 388 g/mol. The molecule has 2 amide bonds. The smallest absolute Gasteiger partial charge is 0.410 e. The van der Waals surface area contributed by atoms with E-state index in [0.29, 0.717) is 37.4 Å². The van der Waals surface area contributed by atoms with E-state index in [1.54, 1.807) is 23.1 Å². The van der Waals surface area contributed by atoms with Crippen molar-refractivity contribution in [1.82, 2.24) is 10.2 Å². The summed E-state index contributed by atoms with van der Waals surface area (Å²) in [6.07, 6.45) is 1.64. The van der Waals surface area contributed by atoms with Crippen molar-refractivity contribution in [3.05, 3.63) is 29.3 Å². The van der Waals surface area contributed by atoms with E-state index in [-0.39, 0.29) is 17.9 Å². The number of nitrogens with zero attached hydrogens (tertiary/aromatic N) is 1. The zero-order chi connectivity index (χ0) is 22.3. The number of benzene rings is 1. The Bertz CT molecular complexity index is 763. The molecule has 8 nitrogen and oxygen atoms in total. The van der Waals surface area contributed by atoms with Crippen molar-refractivity contribution in [1.29, 1.82) is 0 Å². The number of rotatable bonds is 6. The lowest BCUT2D eigenvalue weighted by atomic mass is 9.93. The molecule has 2 rings (SSSR count). The van der Waals surface area contributed by atoms with Crippen LogP contribution >= 0.6 is 0 Å². The van der Waals surface area contributed by atoms with Crippen molar-refractivity contribution in [3.63, 3.8) is 0 Å². The van der Waals surface area contributed by atoms with E-state index in [2.05, 4.69) is 5.32 Å². The number of likely N-dealkylation sites (tertiary alicyclic amines) is 1. The van der Waals surface area contributed by atoms with Crippen molar-refractivity contribution < 1.29 is 28.6 Å². The number of carbonyl (C=O) groups is 3. The number of ether oxygens (including phenoxy) is 3. The summed E-state index contributed by atoms with van der Waals surface area (Å²) in [4.78, 5) is 38.1. The summed E-state index contributed by atoms with van der Waals surface area (Å²) in [6, 6.07) is 5.13. The third-order valence-electron chi connectivity index (χ3n) is 4.90. The minimum Gasteiger partial charge on any atom is -0.496 e. The van der Waals surface area contributed by atoms with Crippen molar-refractivity contribution in [3.8, 4) is 5.75 Å². The fourth-order valence-corrected chi connectivity index (χ4v) is 3.32. The molecule has 0 unspecified atom stereocenters. The summed E-state index contributed by atoms with van der Waals surface area (Å²) in [6.45, 7) is 7.03. The van der Waals surface area contributed by atoms with Gasteiger partial charge in [-0.3, -0.25) is 4.79 Å². The van der Waals surface area contributed by atoms with E-state index in [4.69, 9.17) is 14.2 Å². The van der Waals surface area contributed by atoms with Crippen LogP contribution in [0.3, 0.4) is 0 Å². The number of hydrogen-bond donors (Lipinski definition) is 1. The van der Waals surface area contributed by atoms with Gasteiger partial charge in [0.25, 0.3) is 0 Å². The first-order chi connectivity index (χ1) is 14.1. The third kappa shape index (κ3) is 6.93. The van der Waals surface area contributed by atoms with Gasteiger partial charge in [-0.1, -0.05) is 6.07 Å². The first kappa shape index (κ1) is 23.5. The first-order valence-corrected chi connectivity index (χ1v) is 10.1. The van der Waals surface area contributed by atoms with Crippen molar-refractivity contribution in [2.45, 2.75) is 52.2 Å². The normalized spacial score (nSPS) is 14.8. The number of esters is 1. The molecule has 0 spiro atoms. The molecular formula is C22H32N2O6. The lowest BCUT2D eigenvalue weighted by Gasteiger charge is -2.33. The molecule has 0 aromatic heterocycles. The van der Waals surface area contributed by atoms with E-state index in [1.807, 2.05) is 20.8 Å². The fraction of sp³-hybridized carbons (Fsp3) is 0.591. The van der Waals surface area contributed by atoms with Crippen LogP contribution in [0.4, 0.5) is 4.79 Å². The molecule has 30 heavy (non-hydrogen) atoms. The van der Waals surface area contributed by atoms with Gasteiger partial charge in [-0.25, -0.2) is 9.59 Å². The van der Waals surface area contributed by atoms with E-state index in [0.717, 1.165) is 18.4 Å². The topological polar surface area (TPSA) is 94.2 Å². The minimum atomic E-state index is -0.511. The van der Waals surface area contributed by atoms with Crippen LogP contribution in [0.1, 0.15) is 56.0 Å². The summed E-state index contributed by atoms with van der Waals surface area (Å²) >= 11 is 0. The molecule has 1 N–H and O–H groups in total. The van der Waals surface area contributed by atoms with E-state index in [1.165, 1.54) is 14.2 Å². The second kappa shape index (κ2) is 10.3. The SMILES string of the molecule is COC(=O)c1cc(CNC(=O)CC2CCN(C(=O)OC(C)(C)C)CC2)ccc1OC. The zero-order valence-corrected chi connectivity index (χ0v) is 18.4. The molecule has 0 bridgehead atoms. The highest BCUT2D eigenvalue weighted by atomic mass is 16.6. The van der Waals surface area contributed by atoms with Gasteiger partial charge < -0.3 is 24.4 Å². The van der Waals surface area contributed by atoms with Gasteiger partial charge in [-0.15, -0.1) is 0 Å². The summed E-state index contributed by atoms with van der Waals surface area (Å²) < 4.78 is 15.3. The van der Waals surface area contributed by atoms with Crippen LogP contribution in [0.15, 0.2) is 18.2 Å². The van der Waals surface area contributed by atoms with Gasteiger partial charge in [-0.05, 0) is 57.2 Å². The predicted molar refractivity (Wildman–Crippen MR) is 111 cm³/mol. The van der Waals surface area contributed by atoms with Crippen molar-refractivity contribution >= 4 is 18.0 Å². The summed E-state index contributed by atoms with van der Waals surface area (Å²) in [7, 11) is 2.79. The number of piperidine rings is 1. The Morgan fingerprint density at radius 2 is 1.80 bits per heavy atom. The Balaban J connectivity index is 1.81. The van der Waals surface area contributed by atoms with Crippen LogP contribution in [0.5, 0.6) is 5.75 Å². The molecule has 0 radical (unpaired) electrons. The van der Waals surface area contributed by atoms with Gasteiger partial charge in [0.15, 0.2) is 0 Å². The Morgan fingerprint density at radius 3 is 2.37 bits per heavy atom. The van der Waals surface area contributed by atoms with Crippen LogP contribution in [-0.4, -0.2) is 55.8 Å². The molecule has 1 heterocycles. The molecule has 1 aliphatic heterocycles. The van der Waals surface area contributed by atoms with E-state index in [9.17, 15) is 14.4 Å². The zero-order valence-electron chi connectivity index (χ0n) is 18.4. The van der Waals surface area contributed by atoms with Gasteiger partial charge >= 0.3 is 12.1 Å². The maximum absolute atomic E-state index is 12.4. The number of carbonyl (C=O) groups excluding carboxylic acids is 3. The number of hydrogen-bond acceptors (Lipinski definition) is 6. The summed E-state index contributed by atoms with van der Waals surface area (Å²) in [5.74, 6) is 0.108. The monoisotopic (exact) mass is 420 g/mol. The molecule has 166 valence electrons. The first-order valence-electron chi connectivity index (χ1n) is 10.1. The largest absolute Gasteiger partial charge is 0.496 e. The molecule has 8 heteroatoms. The van der Waals surface area contributed by atoms with Gasteiger partial charge in [-0.2, -0.15) is 0 Å². The molecule has 1 fully saturated rings. The average Bonchev–Trinajstić information content (AvgIpc) is 2.70. The molecule has 1 saturated heterocycles. The molecule has 1 aromatic rings. The lowest BCUT2D eigenvalue weighted by molar-refractivity contribution is -0.122. The fourth-order valence-electron chi connectivity index (χ4n) is 3.32. The molecule has 0 saturated carbocycles. The van der Waals surface area contributed by atoms with Crippen LogP contribution in [-0.2, 0) is 20.8 Å². The molecule has 1 aliphatic rings. The molecule has 1 aromatic carbocycles. The molecule has 0 aliphatic carbocycles. The minimum absolute atomic E-state index is 0.0545. The molecule has 0 atom stereocenters. The highest BCUT2D eigenvalue weighted by Crippen LogP contribution is 2.23. The van der Waals surface area contributed by atoms with Crippen LogP contribution in [0.2, 0.25) is 0 Å². The standard InChI is InChI=1S/C22H32N2O6/c1-22(2,3)30-21(27)24-10-8-15(9-11-24)13-19(25)23-14-16-6-7-18(28-4)17(12-16)20(26)29-5/h6-7,12,15H,8-11,13-14H2,1-5H3,(H,23,25). The highest BCUT2D eigenvalue weighted by Gasteiger charge is 2.27. The summed E-state index contributed by atoms with van der Waals surface area (Å²) in [5.41, 5.74) is 0.591. The van der Waals surface area contributed by atoms with E-state index < -0.39 is 11.6 Å². The van der Waals surface area contributed by atoms with E-state index >= 15 is 0 Å². The van der Waals surface area contributed by atoms with Crippen molar-refractivity contribution in [2.75, 3.05) is 27.3 Å². The Labute approximate surface area is 177 Å². The van der Waals surface area contributed by atoms with Crippen LogP contribution in [0, 0.1) is 5.92 Å². The second-order valence-electron chi connectivity index (χ2n) is 8.42.